The van der Waals surface area contributed by atoms with Crippen LogP contribution in [0.1, 0.15) is 59.3 Å². The first-order valence-corrected chi connectivity index (χ1v) is 6.80. The van der Waals surface area contributed by atoms with Crippen LogP contribution in [-0.4, -0.2) is 36.1 Å². The van der Waals surface area contributed by atoms with Crippen LogP contribution < -0.4 is 0 Å². The van der Waals surface area contributed by atoms with Crippen molar-refractivity contribution in [3.8, 4) is 0 Å². The molecule has 0 heterocycles. The van der Waals surface area contributed by atoms with Crippen LogP contribution >= 0.6 is 0 Å². The van der Waals surface area contributed by atoms with Crippen molar-refractivity contribution < 1.29 is 9.53 Å². The van der Waals surface area contributed by atoms with E-state index in [9.17, 15) is 4.79 Å². The van der Waals surface area contributed by atoms with Crippen molar-refractivity contribution in [2.75, 3.05) is 13.6 Å². The van der Waals surface area contributed by atoms with Gasteiger partial charge >= 0.3 is 5.97 Å². The van der Waals surface area contributed by atoms with E-state index in [1.54, 1.807) is 0 Å². The van der Waals surface area contributed by atoms with Crippen molar-refractivity contribution in [3.63, 3.8) is 0 Å². The minimum atomic E-state index is -0.361. The van der Waals surface area contributed by atoms with Crippen LogP contribution in [0.25, 0.3) is 0 Å². The van der Waals surface area contributed by atoms with Crippen LogP contribution in [0, 0.1) is 0 Å². The van der Waals surface area contributed by atoms with Gasteiger partial charge in [0.15, 0.2) is 0 Å². The average Bonchev–Trinajstić information content (AvgIpc) is 2.25. The fraction of sp³-hybridized carbons (Fsp3) is 0.929. The van der Waals surface area contributed by atoms with Crippen LogP contribution in [0.4, 0.5) is 0 Å². The number of ether oxygens (including phenoxy) is 1. The molecule has 0 aliphatic heterocycles. The van der Waals surface area contributed by atoms with Crippen molar-refractivity contribution in [2.45, 2.75) is 70.9 Å². The molecule has 0 atom stereocenters. The topological polar surface area (TPSA) is 29.5 Å². The first-order valence-electron chi connectivity index (χ1n) is 6.80. The SMILES string of the molecule is CN(CCC(=O)OC(C)(C)C)C1CCCCC1. The second-order valence-electron chi connectivity index (χ2n) is 6.11. The Morgan fingerprint density at radius 1 is 1.24 bits per heavy atom. The zero-order valence-electron chi connectivity index (χ0n) is 11.8. The average molecular weight is 241 g/mol. The van der Waals surface area contributed by atoms with Gasteiger partial charge in [0.2, 0.25) is 0 Å². The molecule has 0 saturated heterocycles. The molecule has 0 N–H and O–H groups in total. The molecule has 1 rings (SSSR count). The van der Waals surface area contributed by atoms with Gasteiger partial charge in [-0.25, -0.2) is 0 Å². The Morgan fingerprint density at radius 2 is 1.82 bits per heavy atom. The first kappa shape index (κ1) is 14.5. The summed E-state index contributed by atoms with van der Waals surface area (Å²) in [6.45, 7) is 6.56. The molecule has 1 saturated carbocycles. The molecular weight excluding hydrogens is 214 g/mol. The van der Waals surface area contributed by atoms with E-state index in [1.165, 1.54) is 32.1 Å². The summed E-state index contributed by atoms with van der Waals surface area (Å²) in [6.07, 6.45) is 7.11. The zero-order valence-corrected chi connectivity index (χ0v) is 11.8. The summed E-state index contributed by atoms with van der Waals surface area (Å²) in [6, 6.07) is 0.672. The molecule has 0 amide bonds. The number of hydrogen-bond donors (Lipinski definition) is 0. The maximum Gasteiger partial charge on any atom is 0.307 e. The number of esters is 1. The monoisotopic (exact) mass is 241 g/mol. The summed E-state index contributed by atoms with van der Waals surface area (Å²) in [7, 11) is 2.13. The number of carbonyl (C=O) groups is 1. The summed E-state index contributed by atoms with van der Waals surface area (Å²) < 4.78 is 5.31. The van der Waals surface area contributed by atoms with E-state index < -0.39 is 0 Å². The lowest BCUT2D eigenvalue weighted by Gasteiger charge is -2.31. The molecule has 3 nitrogen and oxygen atoms in total. The van der Waals surface area contributed by atoms with Gasteiger partial charge < -0.3 is 9.64 Å². The third-order valence-corrected chi connectivity index (χ3v) is 3.29. The van der Waals surface area contributed by atoms with E-state index in [2.05, 4.69) is 11.9 Å². The fourth-order valence-corrected chi connectivity index (χ4v) is 2.36. The Morgan fingerprint density at radius 3 is 2.35 bits per heavy atom. The summed E-state index contributed by atoms with van der Waals surface area (Å²) in [5, 5.41) is 0. The highest BCUT2D eigenvalue weighted by molar-refractivity contribution is 5.70. The van der Waals surface area contributed by atoms with Gasteiger partial charge in [0.25, 0.3) is 0 Å². The van der Waals surface area contributed by atoms with Gasteiger partial charge in [-0.2, -0.15) is 0 Å². The van der Waals surface area contributed by atoms with E-state index in [-0.39, 0.29) is 11.6 Å². The minimum absolute atomic E-state index is 0.0832. The maximum absolute atomic E-state index is 11.6. The Balaban J connectivity index is 2.22. The number of carbonyl (C=O) groups excluding carboxylic acids is 1. The molecule has 1 fully saturated rings. The molecule has 0 bridgehead atoms. The van der Waals surface area contributed by atoms with Crippen molar-refractivity contribution >= 4 is 5.97 Å². The second-order valence-corrected chi connectivity index (χ2v) is 6.11. The summed E-state index contributed by atoms with van der Waals surface area (Å²) in [5.74, 6) is -0.0832. The van der Waals surface area contributed by atoms with Crippen molar-refractivity contribution in [2.24, 2.45) is 0 Å². The molecule has 17 heavy (non-hydrogen) atoms. The van der Waals surface area contributed by atoms with Gasteiger partial charge in [0.1, 0.15) is 5.60 Å². The highest BCUT2D eigenvalue weighted by Crippen LogP contribution is 2.21. The van der Waals surface area contributed by atoms with Crippen LogP contribution in [0.15, 0.2) is 0 Å². The molecule has 0 unspecified atom stereocenters. The quantitative estimate of drug-likeness (QED) is 0.709. The molecule has 0 aromatic carbocycles. The Bertz CT molecular complexity index is 239. The van der Waals surface area contributed by atoms with Crippen molar-refractivity contribution in [1.82, 2.24) is 4.90 Å². The highest BCUT2D eigenvalue weighted by Gasteiger charge is 2.20. The normalized spacial score (nSPS) is 18.4. The van der Waals surface area contributed by atoms with E-state index >= 15 is 0 Å². The third kappa shape index (κ3) is 6.06. The number of rotatable bonds is 4. The maximum atomic E-state index is 11.6. The van der Waals surface area contributed by atoms with Gasteiger partial charge in [0.05, 0.1) is 6.42 Å². The minimum Gasteiger partial charge on any atom is -0.460 e. The third-order valence-electron chi connectivity index (χ3n) is 3.29. The number of nitrogens with zero attached hydrogens (tertiary/aromatic N) is 1. The van der Waals surface area contributed by atoms with Gasteiger partial charge in [-0.05, 0) is 40.7 Å². The molecule has 0 radical (unpaired) electrons. The van der Waals surface area contributed by atoms with Crippen LogP contribution in [-0.2, 0) is 9.53 Å². The Kier molecular flexibility index (Phi) is 5.44. The smallest absolute Gasteiger partial charge is 0.307 e. The zero-order chi connectivity index (χ0) is 12.9. The molecular formula is C14H27NO2. The lowest BCUT2D eigenvalue weighted by molar-refractivity contribution is -0.155. The molecule has 3 heteroatoms. The molecule has 1 aliphatic rings. The molecule has 1 aliphatic carbocycles. The molecule has 100 valence electrons. The summed E-state index contributed by atoms with van der Waals surface area (Å²) in [4.78, 5) is 13.9. The van der Waals surface area contributed by atoms with E-state index in [4.69, 9.17) is 4.74 Å². The van der Waals surface area contributed by atoms with Crippen LogP contribution in [0.3, 0.4) is 0 Å². The molecule has 0 spiro atoms. The van der Waals surface area contributed by atoms with Crippen molar-refractivity contribution in [3.05, 3.63) is 0 Å². The van der Waals surface area contributed by atoms with Crippen molar-refractivity contribution in [1.29, 1.82) is 0 Å². The first-order chi connectivity index (χ1) is 7.88. The van der Waals surface area contributed by atoms with E-state index in [1.807, 2.05) is 20.8 Å². The Labute approximate surface area is 106 Å². The predicted molar refractivity (Wildman–Crippen MR) is 70.0 cm³/mol. The van der Waals surface area contributed by atoms with E-state index in [0.29, 0.717) is 12.5 Å². The summed E-state index contributed by atoms with van der Waals surface area (Å²) in [5.41, 5.74) is -0.361. The fourth-order valence-electron chi connectivity index (χ4n) is 2.36. The number of hydrogen-bond acceptors (Lipinski definition) is 3. The highest BCUT2D eigenvalue weighted by atomic mass is 16.6. The Hall–Kier alpha value is -0.570. The van der Waals surface area contributed by atoms with E-state index in [0.717, 1.165) is 6.54 Å². The molecule has 0 aromatic rings. The van der Waals surface area contributed by atoms with Crippen LogP contribution in [0.2, 0.25) is 0 Å². The van der Waals surface area contributed by atoms with Gasteiger partial charge in [-0.15, -0.1) is 0 Å². The lowest BCUT2D eigenvalue weighted by Crippen LogP contribution is -2.35. The summed E-state index contributed by atoms with van der Waals surface area (Å²) >= 11 is 0. The van der Waals surface area contributed by atoms with Gasteiger partial charge in [0, 0.05) is 12.6 Å². The lowest BCUT2D eigenvalue weighted by atomic mass is 9.94. The van der Waals surface area contributed by atoms with Crippen LogP contribution in [0.5, 0.6) is 0 Å². The standard InChI is InChI=1S/C14H27NO2/c1-14(2,3)17-13(16)10-11-15(4)12-8-6-5-7-9-12/h12H,5-11H2,1-4H3. The van der Waals surface area contributed by atoms with Gasteiger partial charge in [-0.3, -0.25) is 4.79 Å². The predicted octanol–water partition coefficient (Wildman–Crippen LogP) is 2.98. The molecule has 0 aromatic heterocycles. The second kappa shape index (κ2) is 6.39. The largest absolute Gasteiger partial charge is 0.460 e. The van der Waals surface area contributed by atoms with Gasteiger partial charge in [-0.1, -0.05) is 19.3 Å².